The monoisotopic (exact) mass is 502 g/mol. The molecule has 1 fully saturated rings. The second-order valence-electron chi connectivity index (χ2n) is 9.48. The van der Waals surface area contributed by atoms with Gasteiger partial charge >= 0.3 is 5.97 Å². The molecule has 0 radical (unpaired) electrons. The third-order valence-corrected chi connectivity index (χ3v) is 7.49. The number of amides is 2. The van der Waals surface area contributed by atoms with Crippen LogP contribution in [0.2, 0.25) is 0 Å². The number of aromatic carboxylic acids is 1. The van der Waals surface area contributed by atoms with Gasteiger partial charge in [-0.05, 0) is 36.6 Å². The van der Waals surface area contributed by atoms with E-state index in [2.05, 4.69) is 11.4 Å². The summed E-state index contributed by atoms with van der Waals surface area (Å²) in [5.41, 5.74) is 6.20. The summed E-state index contributed by atoms with van der Waals surface area (Å²) in [6, 6.07) is 15.6. The van der Waals surface area contributed by atoms with Crippen molar-refractivity contribution in [2.45, 2.75) is 43.6 Å². The summed E-state index contributed by atoms with van der Waals surface area (Å²) in [5, 5.41) is 23.3. The summed E-state index contributed by atoms with van der Waals surface area (Å²) in [4.78, 5) is 39.5. The Hall–Kier alpha value is -4.32. The number of hydrogen-bond donors (Lipinski definition) is 3. The van der Waals surface area contributed by atoms with Gasteiger partial charge in [0.1, 0.15) is 17.5 Å². The van der Waals surface area contributed by atoms with Gasteiger partial charge in [0, 0.05) is 29.9 Å². The molecule has 3 aromatic rings. The Bertz CT molecular complexity index is 1390. The van der Waals surface area contributed by atoms with Crippen LogP contribution in [0.5, 0.6) is 5.75 Å². The molecule has 1 unspecified atom stereocenters. The second-order valence-corrected chi connectivity index (χ2v) is 9.48. The Kier molecular flexibility index (Phi) is 7.21. The van der Waals surface area contributed by atoms with Gasteiger partial charge in [-0.15, -0.1) is 0 Å². The van der Waals surface area contributed by atoms with Gasteiger partial charge in [-0.1, -0.05) is 43.2 Å². The van der Waals surface area contributed by atoms with E-state index >= 15 is 0 Å². The first kappa shape index (κ1) is 25.8. The average Bonchev–Trinajstić information content (AvgIpc) is 3.21. The molecule has 0 spiro atoms. The summed E-state index contributed by atoms with van der Waals surface area (Å²) in [5.74, 6) is -2.67. The third kappa shape index (κ3) is 4.51. The largest absolute Gasteiger partial charge is 0.497 e. The third-order valence-electron chi connectivity index (χ3n) is 7.49. The van der Waals surface area contributed by atoms with Crippen molar-refractivity contribution in [2.75, 3.05) is 7.11 Å². The van der Waals surface area contributed by atoms with E-state index in [0.717, 1.165) is 5.56 Å². The highest BCUT2D eigenvalue weighted by molar-refractivity contribution is 6.06. The Morgan fingerprint density at radius 2 is 1.92 bits per heavy atom. The maximum Gasteiger partial charge on any atom is 0.352 e. The van der Waals surface area contributed by atoms with Crippen molar-refractivity contribution in [3.05, 3.63) is 65.4 Å². The number of fused-ring (bicyclic) bond motifs is 1. The first-order valence-corrected chi connectivity index (χ1v) is 12.2. The number of nitrogens with zero attached hydrogens (tertiary/aromatic N) is 2. The Morgan fingerprint density at radius 3 is 2.54 bits per heavy atom. The van der Waals surface area contributed by atoms with Crippen LogP contribution < -0.4 is 15.8 Å². The number of carbonyl (C=O) groups is 3. The molecule has 1 aromatic heterocycles. The number of nitrogens with one attached hydrogen (secondary N) is 1. The van der Waals surface area contributed by atoms with Crippen LogP contribution in [0.15, 0.2) is 48.5 Å². The first-order chi connectivity index (χ1) is 17.7. The highest BCUT2D eigenvalue weighted by Crippen LogP contribution is 2.48. The molecular weight excluding hydrogens is 472 g/mol. The zero-order chi connectivity index (χ0) is 26.7. The van der Waals surface area contributed by atoms with Crippen molar-refractivity contribution in [2.24, 2.45) is 18.7 Å². The normalized spacial score (nSPS) is 20.1. The van der Waals surface area contributed by atoms with Gasteiger partial charge in [-0.2, -0.15) is 5.26 Å². The SMILES string of the molecule is COc1ccc(CC(C#N)NC(=O)[C@@H]2CCCC[C@@]2(C(N)=O)c2c(C(=O)O)n(C)c3ccccc23)cc1. The minimum atomic E-state index is -1.53. The van der Waals surface area contributed by atoms with E-state index in [4.69, 9.17) is 10.5 Å². The summed E-state index contributed by atoms with van der Waals surface area (Å²) in [6.45, 7) is 0. The van der Waals surface area contributed by atoms with Crippen LogP contribution in [0.4, 0.5) is 0 Å². The van der Waals surface area contributed by atoms with E-state index in [1.54, 1.807) is 50.6 Å². The number of benzene rings is 2. The maximum absolute atomic E-state index is 13.7. The minimum absolute atomic E-state index is 0.0604. The standard InChI is InChI=1S/C28H30N4O5/c1-32-22-9-4-3-7-20(22)23(24(32)26(34)35)28(27(30)36)14-6-5-8-21(28)25(33)31-18(16-29)15-17-10-12-19(37-2)13-11-17/h3-4,7,9-13,18,21H,5-6,8,14-15H2,1-2H3,(H2,30,36)(H,31,33)(H,34,35)/t18?,21-,28-/m0/s1. The molecular formula is C28H30N4O5. The molecule has 2 aromatic carbocycles. The number of nitrogens with two attached hydrogens (primary N) is 1. The fraction of sp³-hybridized carbons (Fsp3) is 0.357. The molecule has 1 saturated carbocycles. The van der Waals surface area contributed by atoms with E-state index in [9.17, 15) is 24.8 Å². The molecule has 3 atom stereocenters. The first-order valence-electron chi connectivity index (χ1n) is 12.2. The molecule has 2 amide bonds. The van der Waals surface area contributed by atoms with Crippen molar-refractivity contribution in [3.8, 4) is 11.8 Å². The van der Waals surface area contributed by atoms with Crippen LogP contribution in [-0.2, 0) is 28.5 Å². The topological polar surface area (TPSA) is 147 Å². The van der Waals surface area contributed by atoms with Crippen LogP contribution >= 0.6 is 0 Å². The number of nitriles is 1. The minimum Gasteiger partial charge on any atom is -0.497 e. The van der Waals surface area contributed by atoms with Gasteiger partial charge in [0.25, 0.3) is 0 Å². The number of ether oxygens (including phenoxy) is 1. The lowest BCUT2D eigenvalue weighted by Crippen LogP contribution is -2.56. The number of carbonyl (C=O) groups excluding carboxylic acids is 2. The molecule has 0 aliphatic heterocycles. The Labute approximate surface area is 214 Å². The molecule has 192 valence electrons. The van der Waals surface area contributed by atoms with Gasteiger partial charge in [0.05, 0.1) is 24.5 Å². The highest BCUT2D eigenvalue weighted by Gasteiger charge is 2.54. The molecule has 0 saturated heterocycles. The van der Waals surface area contributed by atoms with Gasteiger partial charge in [-0.3, -0.25) is 9.59 Å². The molecule has 9 nitrogen and oxygen atoms in total. The molecule has 1 aliphatic carbocycles. The number of methoxy groups -OCH3 is 1. The second kappa shape index (κ2) is 10.3. The lowest BCUT2D eigenvalue weighted by molar-refractivity contribution is -0.137. The highest BCUT2D eigenvalue weighted by atomic mass is 16.5. The number of para-hydroxylation sites is 1. The maximum atomic E-state index is 13.7. The fourth-order valence-electron chi connectivity index (χ4n) is 5.74. The summed E-state index contributed by atoms with van der Waals surface area (Å²) < 4.78 is 6.70. The van der Waals surface area contributed by atoms with Gasteiger partial charge in [-0.25, -0.2) is 4.79 Å². The van der Waals surface area contributed by atoms with E-state index in [-0.39, 0.29) is 24.1 Å². The Morgan fingerprint density at radius 1 is 1.22 bits per heavy atom. The van der Waals surface area contributed by atoms with E-state index < -0.39 is 35.2 Å². The number of carboxylic acid groups (broad SMARTS) is 1. The molecule has 9 heteroatoms. The van der Waals surface area contributed by atoms with Gasteiger partial charge < -0.3 is 25.5 Å². The average molecular weight is 503 g/mol. The quantitative estimate of drug-likeness (QED) is 0.431. The molecule has 4 N–H and O–H groups in total. The fourth-order valence-corrected chi connectivity index (χ4v) is 5.74. The summed E-state index contributed by atoms with van der Waals surface area (Å²) in [7, 11) is 3.19. The summed E-state index contributed by atoms with van der Waals surface area (Å²) >= 11 is 0. The lowest BCUT2D eigenvalue weighted by Gasteiger charge is -2.41. The Balaban J connectivity index is 1.75. The number of aromatic nitrogens is 1. The molecule has 1 aliphatic rings. The van der Waals surface area contributed by atoms with Crippen molar-refractivity contribution in [1.29, 1.82) is 5.26 Å². The summed E-state index contributed by atoms with van der Waals surface area (Å²) in [6.07, 6.45) is 2.14. The van der Waals surface area contributed by atoms with Crippen molar-refractivity contribution in [1.82, 2.24) is 9.88 Å². The molecule has 4 rings (SSSR count). The number of carboxylic acids is 1. The molecule has 1 heterocycles. The number of primary amides is 1. The zero-order valence-corrected chi connectivity index (χ0v) is 20.9. The predicted molar refractivity (Wildman–Crippen MR) is 137 cm³/mol. The smallest absolute Gasteiger partial charge is 0.352 e. The lowest BCUT2D eigenvalue weighted by atomic mass is 9.60. The van der Waals surface area contributed by atoms with Crippen molar-refractivity contribution in [3.63, 3.8) is 0 Å². The predicted octanol–water partition coefficient (Wildman–Crippen LogP) is 3.05. The van der Waals surface area contributed by atoms with Crippen LogP contribution in [0.25, 0.3) is 10.9 Å². The van der Waals surface area contributed by atoms with Gasteiger partial charge in [0.15, 0.2) is 0 Å². The van der Waals surface area contributed by atoms with E-state index in [1.165, 1.54) is 4.57 Å². The number of rotatable bonds is 8. The molecule has 37 heavy (non-hydrogen) atoms. The van der Waals surface area contributed by atoms with Crippen LogP contribution in [0, 0.1) is 17.2 Å². The van der Waals surface area contributed by atoms with Gasteiger partial charge in [0.2, 0.25) is 11.8 Å². The number of aryl methyl sites for hydroxylation is 1. The zero-order valence-electron chi connectivity index (χ0n) is 20.9. The number of hydrogen-bond acceptors (Lipinski definition) is 5. The van der Waals surface area contributed by atoms with Crippen LogP contribution in [0.1, 0.15) is 47.3 Å². The van der Waals surface area contributed by atoms with Crippen LogP contribution in [0.3, 0.4) is 0 Å². The van der Waals surface area contributed by atoms with Crippen LogP contribution in [-0.4, -0.2) is 40.6 Å². The van der Waals surface area contributed by atoms with E-state index in [0.29, 0.717) is 35.9 Å². The molecule has 0 bridgehead atoms. The van der Waals surface area contributed by atoms with Crippen molar-refractivity contribution >= 4 is 28.7 Å². The van der Waals surface area contributed by atoms with Crippen molar-refractivity contribution < 1.29 is 24.2 Å². The van der Waals surface area contributed by atoms with E-state index in [1.807, 2.05) is 12.1 Å².